The minimum Gasteiger partial charge on any atom is -0.465 e. The number of H-pyrrole nitrogens is 1. The number of hydrogen-bond acceptors (Lipinski definition) is 6. The first kappa shape index (κ1) is 17.8. The van der Waals surface area contributed by atoms with Gasteiger partial charge in [-0.05, 0) is 54.3 Å². The Morgan fingerprint density at radius 3 is 2.75 bits per heavy atom. The Morgan fingerprint density at radius 2 is 2.00 bits per heavy atom. The third kappa shape index (κ3) is 3.75. The van der Waals surface area contributed by atoms with Gasteiger partial charge in [0.25, 0.3) is 0 Å². The highest BCUT2D eigenvalue weighted by Crippen LogP contribution is 2.25. The molecule has 1 aromatic carbocycles. The average Bonchev–Trinajstić information content (AvgIpc) is 3.38. The van der Waals surface area contributed by atoms with Gasteiger partial charge in [0.05, 0.1) is 12.7 Å². The summed E-state index contributed by atoms with van der Waals surface area (Å²) in [5.41, 5.74) is 4.04. The Labute approximate surface area is 161 Å². The van der Waals surface area contributed by atoms with Gasteiger partial charge in [-0.15, -0.1) is 10.2 Å². The third-order valence-corrected chi connectivity index (χ3v) is 4.78. The summed E-state index contributed by atoms with van der Waals surface area (Å²) in [6.07, 6.45) is 8.18. The van der Waals surface area contributed by atoms with Crippen LogP contribution in [0.3, 0.4) is 0 Å². The first-order valence-corrected chi connectivity index (χ1v) is 9.06. The van der Waals surface area contributed by atoms with Crippen molar-refractivity contribution in [2.75, 3.05) is 7.11 Å². The summed E-state index contributed by atoms with van der Waals surface area (Å²) in [5, 5.41) is 15.2. The molecule has 0 aliphatic rings. The number of pyridine rings is 1. The molecule has 8 heteroatoms. The van der Waals surface area contributed by atoms with E-state index in [0.29, 0.717) is 17.8 Å². The highest BCUT2D eigenvalue weighted by Gasteiger charge is 2.13. The minimum absolute atomic E-state index is 0.332. The van der Waals surface area contributed by atoms with Crippen molar-refractivity contribution in [3.63, 3.8) is 0 Å². The summed E-state index contributed by atoms with van der Waals surface area (Å²) in [5.74, 6) is 0.341. The number of aryl methyl sites for hydroxylation is 4. The largest absolute Gasteiger partial charge is 0.465 e. The fourth-order valence-electron chi connectivity index (χ4n) is 3.34. The number of nitrogens with zero attached hydrogens (tertiary/aromatic N) is 5. The van der Waals surface area contributed by atoms with Gasteiger partial charge < -0.3 is 9.30 Å². The lowest BCUT2D eigenvalue weighted by Crippen LogP contribution is -2.03. The van der Waals surface area contributed by atoms with Gasteiger partial charge in [-0.25, -0.2) is 4.79 Å². The zero-order valence-electron chi connectivity index (χ0n) is 15.5. The van der Waals surface area contributed by atoms with E-state index in [4.69, 9.17) is 4.74 Å². The molecule has 28 heavy (non-hydrogen) atoms. The first-order valence-electron chi connectivity index (χ1n) is 9.06. The molecular formula is C20H20N6O2. The summed E-state index contributed by atoms with van der Waals surface area (Å²) < 4.78 is 7.05. The Balaban J connectivity index is 1.65. The van der Waals surface area contributed by atoms with Crippen molar-refractivity contribution in [3.8, 4) is 0 Å². The quantitative estimate of drug-likeness (QED) is 0.497. The molecule has 0 atom stereocenters. The molecule has 0 amide bonds. The van der Waals surface area contributed by atoms with Gasteiger partial charge in [0.2, 0.25) is 0 Å². The van der Waals surface area contributed by atoms with Gasteiger partial charge in [-0.2, -0.15) is 5.21 Å². The maximum atomic E-state index is 12.0. The first-order chi connectivity index (χ1) is 13.7. The molecule has 3 aromatic heterocycles. The van der Waals surface area contributed by atoms with Crippen molar-refractivity contribution in [2.24, 2.45) is 0 Å². The van der Waals surface area contributed by atoms with Crippen molar-refractivity contribution in [1.82, 2.24) is 30.2 Å². The lowest BCUT2D eigenvalue weighted by Gasteiger charge is -2.04. The van der Waals surface area contributed by atoms with Crippen molar-refractivity contribution in [3.05, 3.63) is 71.4 Å². The number of methoxy groups -OCH3 is 1. The highest BCUT2D eigenvalue weighted by atomic mass is 16.5. The molecule has 0 unspecified atom stereocenters. The topological polar surface area (TPSA) is 98.6 Å². The van der Waals surface area contributed by atoms with Crippen molar-refractivity contribution < 1.29 is 9.53 Å². The molecule has 1 N–H and O–H groups in total. The summed E-state index contributed by atoms with van der Waals surface area (Å²) in [6, 6.07) is 9.72. The summed E-state index contributed by atoms with van der Waals surface area (Å²) >= 11 is 0. The molecule has 0 aliphatic carbocycles. The molecule has 0 spiro atoms. The van der Waals surface area contributed by atoms with E-state index in [2.05, 4.69) is 36.4 Å². The van der Waals surface area contributed by atoms with Crippen molar-refractivity contribution in [2.45, 2.75) is 25.8 Å². The standard InChI is InChI=1S/C20H20N6O2/c1-28-20(27)15-4-5-18-17(12-15)16(3-2-14-6-9-21-10-7-14)13-26(18)11-8-19-22-24-25-23-19/h4-7,9-10,12-13H,2-3,8,11H2,1H3,(H,22,23,24,25). The smallest absolute Gasteiger partial charge is 0.337 e. The molecule has 0 fully saturated rings. The van der Waals surface area contributed by atoms with E-state index in [1.807, 2.05) is 24.3 Å². The number of carbonyl (C=O) groups is 1. The number of fused-ring (bicyclic) bond motifs is 1. The Morgan fingerprint density at radius 1 is 1.14 bits per heavy atom. The predicted molar refractivity (Wildman–Crippen MR) is 103 cm³/mol. The van der Waals surface area contributed by atoms with Crippen LogP contribution in [-0.4, -0.2) is 43.3 Å². The van der Waals surface area contributed by atoms with E-state index in [0.717, 1.165) is 30.3 Å². The van der Waals surface area contributed by atoms with Gasteiger partial charge in [0.1, 0.15) is 0 Å². The zero-order valence-corrected chi connectivity index (χ0v) is 15.5. The number of esters is 1. The molecule has 4 aromatic rings. The van der Waals surface area contributed by atoms with E-state index in [1.54, 1.807) is 18.5 Å². The average molecular weight is 376 g/mol. The highest BCUT2D eigenvalue weighted by molar-refractivity contribution is 5.96. The number of ether oxygens (including phenoxy) is 1. The predicted octanol–water partition coefficient (Wildman–Crippen LogP) is 2.36. The number of aromatic amines is 1. The van der Waals surface area contributed by atoms with Gasteiger partial charge in [0, 0.05) is 42.5 Å². The lowest BCUT2D eigenvalue weighted by molar-refractivity contribution is 0.0601. The Hall–Kier alpha value is -3.55. The van der Waals surface area contributed by atoms with Gasteiger partial charge in [-0.1, -0.05) is 5.21 Å². The fraction of sp³-hybridized carbons (Fsp3) is 0.250. The summed E-state index contributed by atoms with van der Waals surface area (Å²) in [4.78, 5) is 16.0. The van der Waals surface area contributed by atoms with Crippen LogP contribution in [-0.2, 0) is 30.5 Å². The van der Waals surface area contributed by atoms with Gasteiger partial charge >= 0.3 is 5.97 Å². The third-order valence-electron chi connectivity index (χ3n) is 4.78. The molecule has 142 valence electrons. The SMILES string of the molecule is COC(=O)c1ccc2c(c1)c(CCc1ccncc1)cn2CCc1nn[nH]n1. The van der Waals surface area contributed by atoms with Crippen LogP contribution in [0.2, 0.25) is 0 Å². The molecule has 0 bridgehead atoms. The van der Waals surface area contributed by atoms with Crippen LogP contribution in [0.1, 0.15) is 27.3 Å². The van der Waals surface area contributed by atoms with Crippen molar-refractivity contribution >= 4 is 16.9 Å². The summed E-state index contributed by atoms with van der Waals surface area (Å²) in [6.45, 7) is 0.725. The minimum atomic E-state index is -0.332. The molecular weight excluding hydrogens is 356 g/mol. The van der Waals surface area contributed by atoms with Crippen LogP contribution >= 0.6 is 0 Å². The number of hydrogen-bond donors (Lipinski definition) is 1. The number of benzene rings is 1. The Bertz CT molecular complexity index is 1070. The molecule has 0 saturated heterocycles. The number of aromatic nitrogens is 6. The van der Waals surface area contributed by atoms with Crippen LogP contribution < -0.4 is 0 Å². The number of rotatable bonds is 7. The van der Waals surface area contributed by atoms with Crippen LogP contribution in [0, 0.1) is 0 Å². The monoisotopic (exact) mass is 376 g/mol. The zero-order chi connectivity index (χ0) is 19.3. The fourth-order valence-corrected chi connectivity index (χ4v) is 3.34. The molecule has 0 radical (unpaired) electrons. The van der Waals surface area contributed by atoms with Crippen molar-refractivity contribution in [1.29, 1.82) is 0 Å². The van der Waals surface area contributed by atoms with E-state index in [1.165, 1.54) is 18.2 Å². The lowest BCUT2D eigenvalue weighted by atomic mass is 10.0. The number of carbonyl (C=O) groups excluding carboxylic acids is 1. The number of tetrazole rings is 1. The van der Waals surface area contributed by atoms with E-state index < -0.39 is 0 Å². The summed E-state index contributed by atoms with van der Waals surface area (Å²) in [7, 11) is 1.40. The molecule has 0 saturated carbocycles. The van der Waals surface area contributed by atoms with Crippen LogP contribution in [0.5, 0.6) is 0 Å². The Kier molecular flexibility index (Phi) is 5.09. The van der Waals surface area contributed by atoms with Gasteiger partial charge in [-0.3, -0.25) is 4.98 Å². The van der Waals surface area contributed by atoms with E-state index in [-0.39, 0.29) is 5.97 Å². The van der Waals surface area contributed by atoms with E-state index >= 15 is 0 Å². The molecule has 4 rings (SSSR count). The molecule has 0 aliphatic heterocycles. The van der Waals surface area contributed by atoms with E-state index in [9.17, 15) is 4.79 Å². The second kappa shape index (κ2) is 7.99. The number of nitrogens with one attached hydrogen (secondary N) is 1. The molecule has 3 heterocycles. The van der Waals surface area contributed by atoms with Crippen LogP contribution in [0.25, 0.3) is 10.9 Å². The van der Waals surface area contributed by atoms with Crippen LogP contribution in [0.4, 0.5) is 0 Å². The second-order valence-corrected chi connectivity index (χ2v) is 6.50. The van der Waals surface area contributed by atoms with Gasteiger partial charge in [0.15, 0.2) is 5.82 Å². The maximum Gasteiger partial charge on any atom is 0.337 e. The van der Waals surface area contributed by atoms with Crippen LogP contribution in [0.15, 0.2) is 48.9 Å². The second-order valence-electron chi connectivity index (χ2n) is 6.50. The normalized spacial score (nSPS) is 11.0. The molecule has 8 nitrogen and oxygen atoms in total. The maximum absolute atomic E-state index is 12.0.